The molecule has 4 aromatic rings. The van der Waals surface area contributed by atoms with E-state index in [0.29, 0.717) is 12.1 Å². The first-order chi connectivity index (χ1) is 12.3. The first-order valence-corrected chi connectivity index (χ1v) is 8.00. The summed E-state index contributed by atoms with van der Waals surface area (Å²) in [6, 6.07) is 17.6. The van der Waals surface area contributed by atoms with Gasteiger partial charge in [0.2, 0.25) is 0 Å². The molecule has 0 fully saturated rings. The molecule has 0 aliphatic carbocycles. The van der Waals surface area contributed by atoms with Crippen molar-refractivity contribution in [2.45, 2.75) is 6.54 Å². The van der Waals surface area contributed by atoms with E-state index in [1.165, 1.54) is 0 Å². The molecule has 0 saturated carbocycles. The fraction of sp³-hybridized carbons (Fsp3) is 0.0500. The summed E-state index contributed by atoms with van der Waals surface area (Å²) in [4.78, 5) is 20.8. The predicted molar refractivity (Wildman–Crippen MR) is 96.5 cm³/mol. The van der Waals surface area contributed by atoms with Crippen LogP contribution in [0.1, 0.15) is 15.9 Å². The van der Waals surface area contributed by atoms with Gasteiger partial charge in [0.1, 0.15) is 12.1 Å². The number of carbonyl (C=O) groups is 1. The van der Waals surface area contributed by atoms with E-state index in [-0.39, 0.29) is 5.91 Å². The van der Waals surface area contributed by atoms with Crippen LogP contribution in [0.25, 0.3) is 16.6 Å². The number of benzene rings is 2. The van der Waals surface area contributed by atoms with Gasteiger partial charge >= 0.3 is 0 Å². The van der Waals surface area contributed by atoms with Gasteiger partial charge in [-0.15, -0.1) is 0 Å². The third-order valence-corrected chi connectivity index (χ3v) is 4.04. The van der Waals surface area contributed by atoms with Crippen molar-refractivity contribution in [2.75, 3.05) is 0 Å². The van der Waals surface area contributed by atoms with Crippen LogP contribution in [0.3, 0.4) is 0 Å². The van der Waals surface area contributed by atoms with E-state index < -0.39 is 0 Å². The Bertz CT molecular complexity index is 1010. The average molecular weight is 328 g/mol. The largest absolute Gasteiger partial charge is 0.348 e. The molecule has 5 nitrogen and oxygen atoms in total. The Balaban J connectivity index is 1.44. The van der Waals surface area contributed by atoms with Crippen LogP contribution in [0.2, 0.25) is 0 Å². The number of nitrogens with one attached hydrogen (secondary N) is 1. The lowest BCUT2D eigenvalue weighted by molar-refractivity contribution is 0.0951. The van der Waals surface area contributed by atoms with Crippen molar-refractivity contribution in [1.29, 1.82) is 0 Å². The van der Waals surface area contributed by atoms with Gasteiger partial charge in [0, 0.05) is 30.7 Å². The van der Waals surface area contributed by atoms with Gasteiger partial charge in [-0.25, -0.2) is 9.97 Å². The number of nitrogens with zero attached hydrogens (tertiary/aromatic N) is 3. The van der Waals surface area contributed by atoms with Crippen molar-refractivity contribution >= 4 is 16.7 Å². The number of amides is 1. The van der Waals surface area contributed by atoms with Crippen molar-refractivity contribution in [2.24, 2.45) is 0 Å². The van der Waals surface area contributed by atoms with Crippen LogP contribution in [-0.4, -0.2) is 20.4 Å². The highest BCUT2D eigenvalue weighted by atomic mass is 16.1. The summed E-state index contributed by atoms with van der Waals surface area (Å²) >= 11 is 0. The Morgan fingerprint density at radius 1 is 1.04 bits per heavy atom. The molecule has 0 bridgehead atoms. The fourth-order valence-corrected chi connectivity index (χ4v) is 2.68. The number of carbonyl (C=O) groups excluding carboxylic acids is 1. The standard InChI is InChI=1S/C20H16N4O/c25-20(18-7-6-16-3-1-2-4-17(16)11-18)23-13-15-5-8-19(22-12-15)24-10-9-21-14-24/h1-12,14H,13H2,(H,23,25). The van der Waals surface area contributed by atoms with E-state index in [9.17, 15) is 4.79 Å². The number of hydrogen-bond acceptors (Lipinski definition) is 3. The number of imidazole rings is 1. The van der Waals surface area contributed by atoms with Gasteiger partial charge in [0.15, 0.2) is 0 Å². The van der Waals surface area contributed by atoms with E-state index in [0.717, 1.165) is 22.2 Å². The highest BCUT2D eigenvalue weighted by Crippen LogP contribution is 2.15. The van der Waals surface area contributed by atoms with E-state index in [1.54, 1.807) is 18.7 Å². The molecule has 5 heteroatoms. The summed E-state index contributed by atoms with van der Waals surface area (Å²) in [6.45, 7) is 0.433. The second-order valence-electron chi connectivity index (χ2n) is 5.74. The van der Waals surface area contributed by atoms with Gasteiger partial charge in [-0.3, -0.25) is 9.36 Å². The lowest BCUT2D eigenvalue weighted by Gasteiger charge is -2.07. The molecule has 122 valence electrons. The fourth-order valence-electron chi connectivity index (χ4n) is 2.68. The zero-order valence-corrected chi connectivity index (χ0v) is 13.5. The SMILES string of the molecule is O=C(NCc1ccc(-n2ccnc2)nc1)c1ccc2ccccc2c1. The van der Waals surface area contributed by atoms with Gasteiger partial charge in [0.05, 0.1) is 0 Å². The number of hydrogen-bond donors (Lipinski definition) is 1. The molecule has 2 aromatic carbocycles. The maximum atomic E-state index is 12.4. The van der Waals surface area contributed by atoms with E-state index in [1.807, 2.05) is 65.4 Å². The second-order valence-corrected chi connectivity index (χ2v) is 5.74. The van der Waals surface area contributed by atoms with Crippen molar-refractivity contribution < 1.29 is 4.79 Å². The summed E-state index contributed by atoms with van der Waals surface area (Å²) in [5.74, 6) is 0.701. The molecule has 0 aliphatic heterocycles. The molecule has 2 heterocycles. The van der Waals surface area contributed by atoms with Gasteiger partial charge in [0.25, 0.3) is 5.91 Å². The first kappa shape index (κ1) is 15.1. The Morgan fingerprint density at radius 3 is 2.68 bits per heavy atom. The van der Waals surface area contributed by atoms with Crippen LogP contribution in [0.15, 0.2) is 79.5 Å². The molecule has 0 radical (unpaired) electrons. The van der Waals surface area contributed by atoms with Gasteiger partial charge in [-0.2, -0.15) is 0 Å². The van der Waals surface area contributed by atoms with Crippen LogP contribution in [0, 0.1) is 0 Å². The Labute approximate surface area is 145 Å². The lowest BCUT2D eigenvalue weighted by Crippen LogP contribution is -2.22. The van der Waals surface area contributed by atoms with Crippen molar-refractivity contribution in [1.82, 2.24) is 19.9 Å². The molecule has 1 amide bonds. The Morgan fingerprint density at radius 2 is 1.92 bits per heavy atom. The third-order valence-electron chi connectivity index (χ3n) is 4.04. The quantitative estimate of drug-likeness (QED) is 0.625. The van der Waals surface area contributed by atoms with Crippen LogP contribution in [-0.2, 0) is 6.54 Å². The molecule has 0 unspecified atom stereocenters. The Hall–Kier alpha value is -3.47. The van der Waals surface area contributed by atoms with E-state index in [4.69, 9.17) is 0 Å². The van der Waals surface area contributed by atoms with Gasteiger partial charge in [-0.1, -0.05) is 36.4 Å². The van der Waals surface area contributed by atoms with Crippen molar-refractivity contribution in [3.8, 4) is 5.82 Å². The summed E-state index contributed by atoms with van der Waals surface area (Å²) < 4.78 is 1.83. The summed E-state index contributed by atoms with van der Waals surface area (Å²) in [6.07, 6.45) is 7.00. The summed E-state index contributed by atoms with van der Waals surface area (Å²) in [5.41, 5.74) is 1.60. The second kappa shape index (κ2) is 6.57. The van der Waals surface area contributed by atoms with Crippen LogP contribution in [0.4, 0.5) is 0 Å². The highest BCUT2D eigenvalue weighted by molar-refractivity contribution is 5.98. The van der Waals surface area contributed by atoms with Crippen molar-refractivity contribution in [3.63, 3.8) is 0 Å². The van der Waals surface area contributed by atoms with Gasteiger partial charge in [-0.05, 0) is 34.5 Å². The average Bonchev–Trinajstić information content (AvgIpc) is 3.21. The third kappa shape index (κ3) is 3.26. The Kier molecular flexibility index (Phi) is 3.96. The van der Waals surface area contributed by atoms with Crippen LogP contribution in [0.5, 0.6) is 0 Å². The molecule has 1 N–H and O–H groups in total. The van der Waals surface area contributed by atoms with Gasteiger partial charge < -0.3 is 5.32 Å². The van der Waals surface area contributed by atoms with Crippen LogP contribution >= 0.6 is 0 Å². The minimum absolute atomic E-state index is 0.0931. The maximum absolute atomic E-state index is 12.4. The number of rotatable bonds is 4. The topological polar surface area (TPSA) is 59.8 Å². The predicted octanol–water partition coefficient (Wildman–Crippen LogP) is 3.35. The van der Waals surface area contributed by atoms with Crippen molar-refractivity contribution in [3.05, 3.63) is 90.6 Å². The zero-order chi connectivity index (χ0) is 17.1. The molecular formula is C20H16N4O. The van der Waals surface area contributed by atoms with E-state index in [2.05, 4.69) is 15.3 Å². The maximum Gasteiger partial charge on any atom is 0.251 e. The normalized spacial score (nSPS) is 10.7. The minimum Gasteiger partial charge on any atom is -0.348 e. The van der Waals surface area contributed by atoms with E-state index >= 15 is 0 Å². The molecule has 0 atom stereocenters. The van der Waals surface area contributed by atoms with Crippen LogP contribution < -0.4 is 5.32 Å². The molecular weight excluding hydrogens is 312 g/mol. The minimum atomic E-state index is -0.0931. The first-order valence-electron chi connectivity index (χ1n) is 8.00. The molecule has 2 aromatic heterocycles. The monoisotopic (exact) mass is 328 g/mol. The molecule has 4 rings (SSSR count). The lowest BCUT2D eigenvalue weighted by atomic mass is 10.1. The smallest absolute Gasteiger partial charge is 0.251 e. The highest BCUT2D eigenvalue weighted by Gasteiger charge is 2.06. The number of pyridine rings is 1. The zero-order valence-electron chi connectivity index (χ0n) is 13.5. The number of fused-ring (bicyclic) bond motifs is 1. The molecule has 25 heavy (non-hydrogen) atoms. The summed E-state index contributed by atoms with van der Waals surface area (Å²) in [7, 11) is 0. The number of aromatic nitrogens is 3. The summed E-state index contributed by atoms with van der Waals surface area (Å²) in [5, 5.41) is 5.12. The molecule has 0 aliphatic rings. The molecule has 0 saturated heterocycles. The molecule has 0 spiro atoms.